The molecule has 21 heteroatoms. The number of aldehydes is 1. The van der Waals surface area contributed by atoms with Gasteiger partial charge in [-0.15, -0.1) is 0 Å². The Morgan fingerprint density at radius 2 is 1.79 bits per heavy atom. The van der Waals surface area contributed by atoms with Crippen LogP contribution in [0.1, 0.15) is 94.1 Å². The van der Waals surface area contributed by atoms with Gasteiger partial charge in [-0.1, -0.05) is 48.4 Å². The average molecular weight is 1100 g/mol. The molecule has 76 heavy (non-hydrogen) atoms. The molecule has 1 aliphatic carbocycles. The molecule has 8 atom stereocenters. The number of epoxide rings is 1. The summed E-state index contributed by atoms with van der Waals surface area (Å²) in [5.74, 6) is -0.897. The van der Waals surface area contributed by atoms with Crippen molar-refractivity contribution in [3.8, 4) is 11.5 Å². The van der Waals surface area contributed by atoms with E-state index in [1.807, 2.05) is 19.1 Å². The van der Waals surface area contributed by atoms with Crippen LogP contribution in [0.4, 0.5) is 10.5 Å². The number of esters is 1. The molecule has 5 amide bonds. The summed E-state index contributed by atoms with van der Waals surface area (Å²) in [6.07, 6.45) is 4.99. The number of hydrogen-bond donors (Lipinski definition) is 4. The molecule has 3 fully saturated rings. The Bertz CT molecular complexity index is 2520. The number of nitrogens with zero attached hydrogens (tertiary/aromatic N) is 2. The predicted molar refractivity (Wildman–Crippen MR) is 286 cm³/mol. The SMILES string of the molecule is COc1cc(CCNC(=O)C2CCC(CNC(=O)CSCCC(=O)N(C)[C@@H](C)C(=O)O[C@H]3CC(=O)N(C)c4cc(cc(OC)c4Cl)C/C(C)=C/C=C/C(OC)C4(O)CC(OC(=O)N4)C(C)C4OC43C)CC2)ccc1C=O. The average Bonchev–Trinajstić information content (AvgIpc) is 4.16. The second-order valence-electron chi connectivity index (χ2n) is 20.5. The first-order valence-electron chi connectivity index (χ1n) is 25.7. The van der Waals surface area contributed by atoms with Gasteiger partial charge in [-0.05, 0) is 101 Å². The highest BCUT2D eigenvalue weighted by atomic mass is 35.5. The van der Waals surface area contributed by atoms with Crippen molar-refractivity contribution < 1.29 is 67.1 Å². The van der Waals surface area contributed by atoms with Crippen molar-refractivity contribution >= 4 is 71.0 Å². The number of ether oxygens (including phenoxy) is 6. The van der Waals surface area contributed by atoms with Crippen molar-refractivity contribution in [3.05, 3.63) is 75.8 Å². The van der Waals surface area contributed by atoms with Crippen LogP contribution in [-0.4, -0.2) is 154 Å². The topological polar surface area (TPSA) is 241 Å². The Labute approximate surface area is 454 Å². The van der Waals surface area contributed by atoms with E-state index < -0.39 is 65.7 Å². The lowest BCUT2D eigenvalue weighted by Crippen LogP contribution is -2.63. The van der Waals surface area contributed by atoms with Gasteiger partial charge in [-0.25, -0.2) is 9.59 Å². The Kier molecular flexibility index (Phi) is 20.8. The summed E-state index contributed by atoms with van der Waals surface area (Å²) in [4.78, 5) is 94.4. The number of hydrogen-bond acceptors (Lipinski definition) is 15. The first-order valence-corrected chi connectivity index (χ1v) is 27.3. The third kappa shape index (κ3) is 14.9. The predicted octanol–water partition coefficient (Wildman–Crippen LogP) is 5.74. The van der Waals surface area contributed by atoms with Crippen LogP contribution in [0.15, 0.2) is 54.1 Å². The maximum absolute atomic E-state index is 14.4. The van der Waals surface area contributed by atoms with Crippen LogP contribution >= 0.6 is 23.4 Å². The summed E-state index contributed by atoms with van der Waals surface area (Å²) in [6, 6.07) is 7.82. The minimum atomic E-state index is -1.87. The van der Waals surface area contributed by atoms with Crippen LogP contribution in [0.5, 0.6) is 11.5 Å². The number of allylic oxidation sites excluding steroid dienone is 3. The fourth-order valence-corrected chi connectivity index (χ4v) is 11.2. The number of aliphatic hydroxyl groups is 1. The van der Waals surface area contributed by atoms with Crippen molar-refractivity contribution in [2.45, 2.75) is 127 Å². The highest BCUT2D eigenvalue weighted by molar-refractivity contribution is 7.99. The second kappa shape index (κ2) is 26.6. The lowest BCUT2D eigenvalue weighted by atomic mass is 9.81. The number of likely N-dealkylation sites (N-methyl/N-ethyl adjacent to an activating group) is 1. The largest absolute Gasteiger partial charge is 0.496 e. The summed E-state index contributed by atoms with van der Waals surface area (Å²) in [7, 11) is 7.45. The van der Waals surface area contributed by atoms with Crippen molar-refractivity contribution in [1.29, 1.82) is 0 Å². The minimum Gasteiger partial charge on any atom is -0.496 e. The Balaban J connectivity index is 1.02. The van der Waals surface area contributed by atoms with Crippen LogP contribution < -0.4 is 30.3 Å². The number of rotatable bonds is 18. The molecule has 416 valence electrons. The third-order valence-electron chi connectivity index (χ3n) is 15.2. The van der Waals surface area contributed by atoms with Crippen LogP contribution in [0, 0.1) is 17.8 Å². The molecule has 1 saturated carbocycles. The number of alkyl carbamates (subject to hydrolysis) is 1. The molecular weight excluding hydrogens is 1020 g/mol. The minimum absolute atomic E-state index is 0.0156. The number of carbonyl (C=O) groups is 7. The number of anilines is 1. The number of methoxy groups -OCH3 is 3. The monoisotopic (exact) mass is 1100 g/mol. The van der Waals surface area contributed by atoms with Gasteiger partial charge in [0.05, 0.1) is 43.7 Å². The number of carbonyl (C=O) groups excluding carboxylic acids is 7. The molecule has 4 N–H and O–H groups in total. The van der Waals surface area contributed by atoms with Gasteiger partial charge < -0.3 is 54.0 Å². The molecule has 19 nitrogen and oxygen atoms in total. The standard InChI is InChI=1S/C55H74ClN5O14S/c1-32-11-10-12-44(72-9)55(69)28-43(73-53(68)59-55)33(2)50-54(4,75-50)45(27-48(65)61(6)40-24-37(23-32)26-42(71-8)49(40)56)74-52(67)34(3)60(5)47(64)20-22-76-31-46(63)58-29-36-14-16-38(17-15-36)51(66)57-21-19-35-13-18-39(30-62)41(25-35)70-7/h10-13,18,24-26,30,33-34,36,38,43-45,50,69H,14-17,19-23,27-29,31H2,1-9H3,(H,57,66)(H,58,63)(H,59,68)/b12-10+,32-11+/t33?,34-,36?,38?,43?,44?,45-,50?,54?,55?/m0/s1. The van der Waals surface area contributed by atoms with E-state index in [9.17, 15) is 38.7 Å². The Morgan fingerprint density at radius 3 is 2.47 bits per heavy atom. The highest BCUT2D eigenvalue weighted by Gasteiger charge is 2.64. The molecule has 2 aromatic rings. The molecule has 0 radical (unpaired) electrons. The van der Waals surface area contributed by atoms with Gasteiger partial charge in [0.2, 0.25) is 23.6 Å². The molecule has 4 aliphatic rings. The fraction of sp³-hybridized carbons (Fsp3) is 0.582. The molecule has 6 rings (SSSR count). The zero-order valence-electron chi connectivity index (χ0n) is 44.9. The maximum Gasteiger partial charge on any atom is 0.409 e. The Morgan fingerprint density at radius 1 is 1.07 bits per heavy atom. The summed E-state index contributed by atoms with van der Waals surface area (Å²) in [6.45, 7) is 7.88. The normalized spacial score (nSPS) is 28.2. The summed E-state index contributed by atoms with van der Waals surface area (Å²) in [5.41, 5.74) is 0.320. The summed E-state index contributed by atoms with van der Waals surface area (Å²) >= 11 is 8.12. The molecule has 3 heterocycles. The maximum atomic E-state index is 14.4. The first kappa shape index (κ1) is 59.6. The van der Waals surface area contributed by atoms with E-state index in [0.29, 0.717) is 54.4 Å². The number of halogens is 1. The van der Waals surface area contributed by atoms with Gasteiger partial charge in [0, 0.05) is 64.7 Å². The van der Waals surface area contributed by atoms with Gasteiger partial charge >= 0.3 is 12.1 Å². The van der Waals surface area contributed by atoms with Gasteiger partial charge in [0.1, 0.15) is 46.5 Å². The zero-order valence-corrected chi connectivity index (χ0v) is 46.5. The van der Waals surface area contributed by atoms with Crippen LogP contribution in [0.2, 0.25) is 5.02 Å². The molecule has 2 aromatic carbocycles. The fourth-order valence-electron chi connectivity index (χ4n) is 10.1. The van der Waals surface area contributed by atoms with Crippen LogP contribution in [0.3, 0.4) is 0 Å². The Hall–Kier alpha value is -5.67. The molecule has 0 spiro atoms. The van der Waals surface area contributed by atoms with Gasteiger partial charge in [0.25, 0.3) is 0 Å². The third-order valence-corrected chi connectivity index (χ3v) is 16.5. The van der Waals surface area contributed by atoms with Crippen LogP contribution in [0.25, 0.3) is 0 Å². The lowest BCUT2D eigenvalue weighted by Gasteiger charge is -2.42. The first-order chi connectivity index (χ1) is 36.1. The number of fused-ring (bicyclic) bond motifs is 5. The number of thioether (sulfide) groups is 1. The molecule has 2 saturated heterocycles. The van der Waals surface area contributed by atoms with Crippen molar-refractivity contribution in [2.24, 2.45) is 17.8 Å². The second-order valence-corrected chi connectivity index (χ2v) is 21.9. The summed E-state index contributed by atoms with van der Waals surface area (Å²) < 4.78 is 34.7. The molecule has 0 aromatic heterocycles. The van der Waals surface area contributed by atoms with Gasteiger partial charge in [-0.2, -0.15) is 11.8 Å². The molecular formula is C55H74ClN5O14S. The molecule has 6 unspecified atom stereocenters. The van der Waals surface area contributed by atoms with E-state index in [0.717, 1.165) is 48.7 Å². The highest BCUT2D eigenvalue weighted by Crippen LogP contribution is 2.49. The van der Waals surface area contributed by atoms with E-state index >= 15 is 0 Å². The number of nitrogens with one attached hydrogen (secondary N) is 3. The summed E-state index contributed by atoms with van der Waals surface area (Å²) in [5, 5.41) is 20.6. The van der Waals surface area contributed by atoms with E-state index in [1.54, 1.807) is 57.3 Å². The van der Waals surface area contributed by atoms with E-state index in [-0.39, 0.29) is 59.6 Å². The van der Waals surface area contributed by atoms with E-state index in [2.05, 4.69) is 16.0 Å². The van der Waals surface area contributed by atoms with Crippen molar-refractivity contribution in [3.63, 3.8) is 0 Å². The lowest BCUT2D eigenvalue weighted by molar-refractivity contribution is -0.162. The molecule has 3 aliphatic heterocycles. The number of benzene rings is 2. The van der Waals surface area contributed by atoms with E-state index in [4.69, 9.17) is 40.0 Å². The van der Waals surface area contributed by atoms with Gasteiger partial charge in [0.15, 0.2) is 12.0 Å². The van der Waals surface area contributed by atoms with Crippen molar-refractivity contribution in [1.82, 2.24) is 20.9 Å². The number of amides is 5. The van der Waals surface area contributed by atoms with Gasteiger partial charge in [-0.3, -0.25) is 29.3 Å². The quantitative estimate of drug-likeness (QED) is 0.0602. The molecule has 4 bridgehead atoms. The smallest absolute Gasteiger partial charge is 0.409 e. The zero-order chi connectivity index (χ0) is 55.5. The van der Waals surface area contributed by atoms with Crippen LogP contribution in [-0.2, 0) is 55.8 Å². The van der Waals surface area contributed by atoms with E-state index in [1.165, 1.54) is 56.9 Å². The van der Waals surface area contributed by atoms with Crippen molar-refractivity contribution in [2.75, 3.05) is 64.9 Å².